The van der Waals surface area contributed by atoms with E-state index in [4.69, 9.17) is 10.6 Å². The zero-order chi connectivity index (χ0) is 9.14. The van der Waals surface area contributed by atoms with E-state index < -0.39 is 12.1 Å². The summed E-state index contributed by atoms with van der Waals surface area (Å²) in [6.07, 6.45) is 2.63. The molecule has 0 spiro atoms. The third kappa shape index (κ3) is 2.26. The number of carboxylic acid groups (broad SMARTS) is 1. The highest BCUT2D eigenvalue weighted by Gasteiger charge is 2.29. The Bertz CT molecular complexity index is 329. The molecule has 0 saturated carbocycles. The van der Waals surface area contributed by atoms with Gasteiger partial charge in [0.25, 0.3) is 0 Å². The number of carbonyl (C=O) groups is 1. The highest BCUT2D eigenvalue weighted by molar-refractivity contribution is 6.05. The second kappa shape index (κ2) is 4.57. The predicted molar refractivity (Wildman–Crippen MR) is 46.7 cm³/mol. The van der Waals surface area contributed by atoms with Gasteiger partial charge in [0.15, 0.2) is 6.10 Å². The molecule has 13 heavy (non-hydrogen) atoms. The Morgan fingerprint density at radius 2 is 2.23 bits per heavy atom. The van der Waals surface area contributed by atoms with Crippen LogP contribution in [-0.2, 0) is 4.79 Å². The topological polar surface area (TPSA) is 93.9 Å². The van der Waals surface area contributed by atoms with Crippen LogP contribution in [0.1, 0.15) is 0 Å². The van der Waals surface area contributed by atoms with Crippen LogP contribution in [0.4, 0.5) is 0 Å². The lowest BCUT2D eigenvalue weighted by Gasteiger charge is -2.06. The van der Waals surface area contributed by atoms with Crippen LogP contribution in [0.2, 0.25) is 0 Å². The fraction of sp³-hybridized carbons (Fsp3) is 0.143. The minimum absolute atomic E-state index is 0. The van der Waals surface area contributed by atoms with E-state index in [-0.39, 0.29) is 23.7 Å². The van der Waals surface area contributed by atoms with E-state index in [0.29, 0.717) is 0 Å². The van der Waals surface area contributed by atoms with Crippen molar-refractivity contribution >= 4 is 24.1 Å². The Morgan fingerprint density at radius 1 is 1.62 bits per heavy atom. The summed E-state index contributed by atoms with van der Waals surface area (Å²) in [6.45, 7) is 0. The molecule has 0 fully saturated rings. The summed E-state index contributed by atoms with van der Waals surface area (Å²) in [4.78, 5) is 13.2. The van der Waals surface area contributed by atoms with E-state index in [1.165, 1.54) is 18.2 Å². The molecule has 1 unspecified atom stereocenters. The molecule has 0 heterocycles. The van der Waals surface area contributed by atoms with Gasteiger partial charge in [-0.05, 0) is 6.08 Å². The number of halogens is 1. The normalized spacial score (nSPS) is 19.9. The van der Waals surface area contributed by atoms with Crippen LogP contribution in [0.25, 0.3) is 5.53 Å². The molecule has 0 amide bonds. The van der Waals surface area contributed by atoms with Crippen molar-refractivity contribution in [2.75, 3.05) is 0 Å². The monoisotopic (exact) mass is 202 g/mol. The molecule has 5 nitrogen and oxygen atoms in total. The summed E-state index contributed by atoms with van der Waals surface area (Å²) in [5, 5.41) is 17.7. The van der Waals surface area contributed by atoms with Gasteiger partial charge < -0.3 is 15.7 Å². The molecule has 0 aliphatic heterocycles. The van der Waals surface area contributed by atoms with Gasteiger partial charge in [-0.2, -0.15) is 4.79 Å². The molecular weight excluding hydrogens is 196 g/mol. The maximum atomic E-state index is 10.4. The summed E-state index contributed by atoms with van der Waals surface area (Å²) in [6, 6.07) is 0. The van der Waals surface area contributed by atoms with Crippen molar-refractivity contribution in [3.63, 3.8) is 0 Å². The number of aliphatic hydroxyl groups excluding tert-OH is 1. The number of hydrogen-bond acceptors (Lipinski definition) is 2. The van der Waals surface area contributed by atoms with Crippen LogP contribution in [0.15, 0.2) is 23.8 Å². The predicted octanol–water partition coefficient (Wildman–Crippen LogP) is 0.0207. The maximum Gasteiger partial charge on any atom is 0.334 e. The van der Waals surface area contributed by atoms with Crippen LogP contribution in [-0.4, -0.2) is 32.8 Å². The van der Waals surface area contributed by atoms with Crippen LogP contribution in [0, 0.1) is 0 Å². The van der Waals surface area contributed by atoms with Gasteiger partial charge in [0, 0.05) is 6.08 Å². The quantitative estimate of drug-likeness (QED) is 0.464. The molecule has 0 saturated heterocycles. The molecule has 0 aromatic carbocycles. The third-order valence-electron chi connectivity index (χ3n) is 1.48. The lowest BCUT2D eigenvalue weighted by Crippen LogP contribution is -2.28. The van der Waals surface area contributed by atoms with Gasteiger partial charge in [0.2, 0.25) is 0 Å². The SMILES string of the molecule is Cl.[N-]=[N+]=C1C=CC=C(C(=O)O)C1O. The highest BCUT2D eigenvalue weighted by Crippen LogP contribution is 2.09. The first-order valence-corrected chi connectivity index (χ1v) is 3.18. The van der Waals surface area contributed by atoms with Crippen LogP contribution in [0.5, 0.6) is 0 Å². The van der Waals surface area contributed by atoms with Crippen molar-refractivity contribution in [1.29, 1.82) is 0 Å². The second-order valence-electron chi connectivity index (χ2n) is 2.21. The molecule has 0 bridgehead atoms. The van der Waals surface area contributed by atoms with E-state index in [0.717, 1.165) is 0 Å². The van der Waals surface area contributed by atoms with Crippen molar-refractivity contribution in [1.82, 2.24) is 0 Å². The summed E-state index contributed by atoms with van der Waals surface area (Å²) < 4.78 is 0. The lowest BCUT2D eigenvalue weighted by atomic mass is 10.0. The van der Waals surface area contributed by atoms with E-state index in [9.17, 15) is 9.90 Å². The van der Waals surface area contributed by atoms with E-state index in [2.05, 4.69) is 4.79 Å². The fourth-order valence-corrected chi connectivity index (χ4v) is 0.868. The van der Waals surface area contributed by atoms with Crippen LogP contribution < -0.4 is 0 Å². The average Bonchev–Trinajstić information content (AvgIpc) is 2.04. The average molecular weight is 203 g/mol. The molecule has 1 atom stereocenters. The number of carboxylic acids is 1. The van der Waals surface area contributed by atoms with Crippen molar-refractivity contribution < 1.29 is 19.8 Å². The Labute approximate surface area is 80.0 Å². The molecule has 0 aromatic heterocycles. The zero-order valence-electron chi connectivity index (χ0n) is 6.41. The van der Waals surface area contributed by atoms with E-state index in [1.807, 2.05) is 0 Å². The molecule has 0 aromatic rings. The van der Waals surface area contributed by atoms with Crippen molar-refractivity contribution in [3.05, 3.63) is 29.3 Å². The van der Waals surface area contributed by atoms with E-state index in [1.54, 1.807) is 0 Å². The molecule has 6 heteroatoms. The largest absolute Gasteiger partial charge is 0.478 e. The number of hydrogen-bond donors (Lipinski definition) is 2. The van der Waals surface area contributed by atoms with Gasteiger partial charge in [0.1, 0.15) is 0 Å². The third-order valence-corrected chi connectivity index (χ3v) is 1.48. The van der Waals surface area contributed by atoms with Gasteiger partial charge in [-0.25, -0.2) is 4.79 Å². The Morgan fingerprint density at radius 3 is 2.69 bits per heavy atom. The second-order valence-corrected chi connectivity index (χ2v) is 2.21. The zero-order valence-corrected chi connectivity index (χ0v) is 7.23. The number of aliphatic hydroxyl groups is 1. The van der Waals surface area contributed by atoms with Gasteiger partial charge >= 0.3 is 11.7 Å². The number of allylic oxidation sites excluding steroid dienone is 2. The standard InChI is InChI=1S/C7H6N2O3.ClH/c8-9-5-3-1-2-4(6(5)10)7(11)12;/h1-3,6,10H,(H,11,12);1H. The minimum atomic E-state index is -1.35. The number of aliphatic carboxylic acids is 1. The Kier molecular flexibility index (Phi) is 4.07. The summed E-state index contributed by atoms with van der Waals surface area (Å²) >= 11 is 0. The fourth-order valence-electron chi connectivity index (χ4n) is 0.868. The van der Waals surface area contributed by atoms with Crippen LogP contribution >= 0.6 is 12.4 Å². The van der Waals surface area contributed by atoms with E-state index >= 15 is 0 Å². The first kappa shape index (κ1) is 11.6. The molecule has 0 radical (unpaired) electrons. The smallest absolute Gasteiger partial charge is 0.334 e. The van der Waals surface area contributed by atoms with Crippen LogP contribution in [0.3, 0.4) is 0 Å². The molecule has 1 aliphatic rings. The first-order valence-electron chi connectivity index (χ1n) is 3.18. The Balaban J connectivity index is 0.00000144. The van der Waals surface area contributed by atoms with Crippen molar-refractivity contribution in [2.24, 2.45) is 0 Å². The molecule has 1 rings (SSSR count). The summed E-state index contributed by atoms with van der Waals surface area (Å²) in [7, 11) is 0. The van der Waals surface area contributed by atoms with Gasteiger partial charge in [-0.1, -0.05) is 6.08 Å². The molecule has 2 N–H and O–H groups in total. The lowest BCUT2D eigenvalue weighted by molar-refractivity contribution is -0.133. The summed E-state index contributed by atoms with van der Waals surface area (Å²) in [5.41, 5.74) is 8.04. The number of rotatable bonds is 1. The minimum Gasteiger partial charge on any atom is -0.478 e. The molecular formula is C7H7ClN2O3. The highest BCUT2D eigenvalue weighted by atomic mass is 35.5. The maximum absolute atomic E-state index is 10.4. The summed E-state index contributed by atoms with van der Waals surface area (Å²) in [5.74, 6) is -1.23. The molecule has 1 aliphatic carbocycles. The number of nitrogens with zero attached hydrogens (tertiary/aromatic N) is 2. The first-order chi connectivity index (χ1) is 5.66. The van der Waals surface area contributed by atoms with Crippen molar-refractivity contribution in [3.8, 4) is 0 Å². The van der Waals surface area contributed by atoms with Crippen molar-refractivity contribution in [2.45, 2.75) is 6.10 Å². The van der Waals surface area contributed by atoms with Gasteiger partial charge in [-0.3, -0.25) is 0 Å². The molecule has 70 valence electrons. The Hall–Kier alpha value is -1.42. The van der Waals surface area contributed by atoms with Gasteiger partial charge in [0.05, 0.1) is 5.57 Å². The van der Waals surface area contributed by atoms with Gasteiger partial charge in [-0.15, -0.1) is 12.4 Å².